The molecule has 1 aromatic carbocycles. The molecule has 30 heavy (non-hydrogen) atoms. The SMILES string of the molecule is Br.Cc1ccc(C(=O)CSc2nc(-c3cccs3)cc(C(F)(F)F)c2C#N)c(C)c1. The molecule has 3 nitrogen and oxygen atoms in total. The minimum Gasteiger partial charge on any atom is -0.293 e. The lowest BCUT2D eigenvalue weighted by Crippen LogP contribution is -2.11. The predicted molar refractivity (Wildman–Crippen MR) is 119 cm³/mol. The number of ketones is 1. The number of aryl methyl sites for hydroxylation is 2. The number of Topliss-reactive ketones (excluding diaryl/α,β-unsaturated/α-hetero) is 1. The normalized spacial score (nSPS) is 10.9. The summed E-state index contributed by atoms with van der Waals surface area (Å²) in [4.78, 5) is 17.4. The minimum absolute atomic E-state index is 0. The Bertz CT molecular complexity index is 1110. The number of benzene rings is 1. The van der Waals surface area contributed by atoms with Gasteiger partial charge in [-0.05, 0) is 36.9 Å². The average molecular weight is 513 g/mol. The van der Waals surface area contributed by atoms with E-state index in [4.69, 9.17) is 0 Å². The van der Waals surface area contributed by atoms with Crippen LogP contribution in [0.25, 0.3) is 10.6 Å². The molecule has 0 N–H and O–H groups in total. The topological polar surface area (TPSA) is 53.8 Å². The molecule has 0 unspecified atom stereocenters. The highest BCUT2D eigenvalue weighted by atomic mass is 79.9. The first-order valence-electron chi connectivity index (χ1n) is 8.50. The van der Waals surface area contributed by atoms with Crippen molar-refractivity contribution in [3.63, 3.8) is 0 Å². The third kappa shape index (κ3) is 5.31. The molecule has 2 heterocycles. The molecule has 156 valence electrons. The summed E-state index contributed by atoms with van der Waals surface area (Å²) in [6, 6.07) is 11.3. The van der Waals surface area contributed by atoms with Crippen LogP contribution < -0.4 is 0 Å². The molecule has 0 bridgehead atoms. The Balaban J connectivity index is 0.00000320. The summed E-state index contributed by atoms with van der Waals surface area (Å²) in [5, 5.41) is 11.0. The summed E-state index contributed by atoms with van der Waals surface area (Å²) in [5.74, 6) is -0.343. The number of nitriles is 1. The maximum atomic E-state index is 13.5. The fourth-order valence-corrected chi connectivity index (χ4v) is 4.42. The number of pyridine rings is 1. The van der Waals surface area contributed by atoms with E-state index < -0.39 is 17.3 Å². The van der Waals surface area contributed by atoms with Crippen LogP contribution in [0.1, 0.15) is 32.6 Å². The Kier molecular flexibility index (Phi) is 7.86. The van der Waals surface area contributed by atoms with Crippen molar-refractivity contribution in [2.45, 2.75) is 25.0 Å². The lowest BCUT2D eigenvalue weighted by molar-refractivity contribution is -0.138. The van der Waals surface area contributed by atoms with E-state index in [2.05, 4.69) is 4.98 Å². The molecule has 0 amide bonds. The molecule has 0 aliphatic rings. The number of carbonyl (C=O) groups is 1. The molecule has 0 aliphatic heterocycles. The molecule has 0 saturated heterocycles. The van der Waals surface area contributed by atoms with Crippen molar-refractivity contribution in [1.29, 1.82) is 5.26 Å². The van der Waals surface area contributed by atoms with Crippen LogP contribution >= 0.6 is 40.1 Å². The van der Waals surface area contributed by atoms with Gasteiger partial charge in [-0.3, -0.25) is 4.79 Å². The largest absolute Gasteiger partial charge is 0.417 e. The van der Waals surface area contributed by atoms with Gasteiger partial charge in [-0.15, -0.1) is 28.3 Å². The van der Waals surface area contributed by atoms with Gasteiger partial charge in [0.05, 0.1) is 27.5 Å². The van der Waals surface area contributed by atoms with E-state index in [9.17, 15) is 23.2 Å². The molecule has 3 rings (SSSR count). The lowest BCUT2D eigenvalue weighted by Gasteiger charge is -2.13. The molecule has 3 aromatic rings. The molecule has 2 aromatic heterocycles. The third-order valence-corrected chi connectivity index (χ3v) is 6.07. The van der Waals surface area contributed by atoms with Gasteiger partial charge >= 0.3 is 6.18 Å². The van der Waals surface area contributed by atoms with Gasteiger partial charge in [-0.25, -0.2) is 4.98 Å². The first kappa shape index (κ1) is 24.1. The van der Waals surface area contributed by atoms with Gasteiger partial charge in [0.15, 0.2) is 5.78 Å². The van der Waals surface area contributed by atoms with Crippen molar-refractivity contribution >= 4 is 45.9 Å². The highest BCUT2D eigenvalue weighted by Gasteiger charge is 2.36. The van der Waals surface area contributed by atoms with Crippen LogP contribution in [0.15, 0.2) is 46.8 Å². The maximum absolute atomic E-state index is 13.5. The number of rotatable bonds is 5. The van der Waals surface area contributed by atoms with Crippen LogP contribution in [-0.4, -0.2) is 16.5 Å². The monoisotopic (exact) mass is 512 g/mol. The van der Waals surface area contributed by atoms with E-state index in [-0.39, 0.29) is 39.2 Å². The fraction of sp³-hybridized carbons (Fsp3) is 0.190. The second-order valence-corrected chi connectivity index (χ2v) is 8.26. The van der Waals surface area contributed by atoms with Gasteiger partial charge < -0.3 is 0 Å². The molecule has 0 atom stereocenters. The van der Waals surface area contributed by atoms with Crippen molar-refractivity contribution in [3.8, 4) is 16.6 Å². The van der Waals surface area contributed by atoms with Gasteiger partial charge in [0, 0.05) is 5.56 Å². The van der Waals surface area contributed by atoms with Gasteiger partial charge in [-0.1, -0.05) is 41.6 Å². The fourth-order valence-electron chi connectivity index (χ4n) is 2.85. The van der Waals surface area contributed by atoms with Crippen LogP contribution in [0.5, 0.6) is 0 Å². The number of hydrogen-bond donors (Lipinski definition) is 0. The average Bonchev–Trinajstić information content (AvgIpc) is 3.19. The van der Waals surface area contributed by atoms with E-state index in [0.717, 1.165) is 29.0 Å². The third-order valence-electron chi connectivity index (χ3n) is 4.20. The van der Waals surface area contributed by atoms with E-state index >= 15 is 0 Å². The van der Waals surface area contributed by atoms with Gasteiger partial charge in [0.25, 0.3) is 0 Å². The standard InChI is InChI=1S/C21H15F3N2OS2.BrH/c1-12-5-6-14(13(2)8-12)18(27)11-29-20-15(10-25)16(21(22,23)24)9-17(26-20)19-4-3-7-28-19;/h3-9H,11H2,1-2H3;1H. The predicted octanol–water partition coefficient (Wildman–Crippen LogP) is 6.87. The summed E-state index contributed by atoms with van der Waals surface area (Å²) >= 11 is 2.10. The molecule has 0 fully saturated rings. The maximum Gasteiger partial charge on any atom is 0.417 e. The van der Waals surface area contributed by atoms with Crippen LogP contribution in [-0.2, 0) is 6.18 Å². The van der Waals surface area contributed by atoms with Gasteiger partial charge in [-0.2, -0.15) is 18.4 Å². The van der Waals surface area contributed by atoms with Crippen LogP contribution in [0.4, 0.5) is 13.2 Å². The second-order valence-electron chi connectivity index (χ2n) is 6.35. The summed E-state index contributed by atoms with van der Waals surface area (Å²) in [7, 11) is 0. The zero-order valence-corrected chi connectivity index (χ0v) is 19.3. The van der Waals surface area contributed by atoms with E-state index in [0.29, 0.717) is 10.4 Å². The minimum atomic E-state index is -4.70. The number of carbonyl (C=O) groups excluding carboxylic acids is 1. The number of thioether (sulfide) groups is 1. The highest BCUT2D eigenvalue weighted by Crippen LogP contribution is 2.38. The first-order valence-corrected chi connectivity index (χ1v) is 10.4. The van der Waals surface area contributed by atoms with Crippen molar-refractivity contribution < 1.29 is 18.0 Å². The van der Waals surface area contributed by atoms with Crippen LogP contribution in [0.2, 0.25) is 0 Å². The van der Waals surface area contributed by atoms with E-state index in [1.54, 1.807) is 29.6 Å². The van der Waals surface area contributed by atoms with Crippen LogP contribution in [0, 0.1) is 25.2 Å². The number of thiophene rings is 1. The Labute approximate surface area is 190 Å². The first-order chi connectivity index (χ1) is 13.7. The van der Waals surface area contributed by atoms with Crippen LogP contribution in [0.3, 0.4) is 0 Å². The molecular weight excluding hydrogens is 497 g/mol. The van der Waals surface area contributed by atoms with E-state index in [1.807, 2.05) is 26.0 Å². The number of halogens is 4. The zero-order chi connectivity index (χ0) is 21.2. The summed E-state index contributed by atoms with van der Waals surface area (Å²) in [5.41, 5.74) is 0.849. The number of hydrogen-bond acceptors (Lipinski definition) is 5. The molecule has 0 spiro atoms. The summed E-state index contributed by atoms with van der Waals surface area (Å²) < 4.78 is 40.6. The number of nitrogens with zero attached hydrogens (tertiary/aromatic N) is 2. The Morgan fingerprint density at radius 1 is 1.23 bits per heavy atom. The quantitative estimate of drug-likeness (QED) is 0.276. The van der Waals surface area contributed by atoms with Crippen molar-refractivity contribution in [2.75, 3.05) is 5.75 Å². The van der Waals surface area contributed by atoms with Crippen molar-refractivity contribution in [1.82, 2.24) is 4.98 Å². The molecule has 0 radical (unpaired) electrons. The number of alkyl halides is 3. The smallest absolute Gasteiger partial charge is 0.293 e. The summed E-state index contributed by atoms with van der Waals surface area (Å²) in [6.07, 6.45) is -4.70. The summed E-state index contributed by atoms with van der Waals surface area (Å²) in [6.45, 7) is 3.72. The molecule has 0 aliphatic carbocycles. The van der Waals surface area contributed by atoms with E-state index in [1.165, 1.54) is 11.3 Å². The van der Waals surface area contributed by atoms with Gasteiger partial charge in [0.2, 0.25) is 0 Å². The molecule has 0 saturated carbocycles. The Morgan fingerprint density at radius 3 is 2.53 bits per heavy atom. The van der Waals surface area contributed by atoms with Crippen molar-refractivity contribution in [3.05, 3.63) is 69.6 Å². The Hall–Kier alpha value is -2.15. The van der Waals surface area contributed by atoms with Gasteiger partial charge in [0.1, 0.15) is 11.1 Å². The van der Waals surface area contributed by atoms with Crippen molar-refractivity contribution in [2.24, 2.45) is 0 Å². The lowest BCUT2D eigenvalue weighted by atomic mass is 10.0. The highest BCUT2D eigenvalue weighted by molar-refractivity contribution is 8.93. The zero-order valence-electron chi connectivity index (χ0n) is 15.9. The number of aromatic nitrogens is 1. The molecule has 9 heteroatoms. The second kappa shape index (κ2) is 9.77. The Morgan fingerprint density at radius 2 is 1.97 bits per heavy atom. The molecular formula is C21H16BrF3N2OS2.